The lowest BCUT2D eigenvalue weighted by Gasteiger charge is -2.36. The first-order chi connectivity index (χ1) is 15.3. The Morgan fingerprint density at radius 2 is 1.94 bits per heavy atom. The van der Waals surface area contributed by atoms with Gasteiger partial charge in [0.2, 0.25) is 0 Å². The van der Waals surface area contributed by atoms with Crippen LogP contribution in [0.4, 0.5) is 18.9 Å². The van der Waals surface area contributed by atoms with Crippen molar-refractivity contribution in [3.63, 3.8) is 0 Å². The molecule has 8 heteroatoms. The lowest BCUT2D eigenvalue weighted by Crippen LogP contribution is -2.48. The van der Waals surface area contributed by atoms with Crippen LogP contribution in [0.3, 0.4) is 0 Å². The predicted octanol–water partition coefficient (Wildman–Crippen LogP) is 4.08. The molecule has 168 valence electrons. The van der Waals surface area contributed by atoms with Gasteiger partial charge in [0.05, 0.1) is 29.5 Å². The first-order valence-electron chi connectivity index (χ1n) is 10.7. The fraction of sp³-hybridized carbons (Fsp3) is 0.417. The van der Waals surface area contributed by atoms with Gasteiger partial charge in [-0.15, -0.1) is 0 Å². The van der Waals surface area contributed by atoms with Crippen LogP contribution >= 0.6 is 0 Å². The van der Waals surface area contributed by atoms with Crippen molar-refractivity contribution in [2.24, 2.45) is 0 Å². The molecule has 0 saturated heterocycles. The number of hydrogen-bond acceptors (Lipinski definition) is 4. The Morgan fingerprint density at radius 3 is 2.59 bits per heavy atom. The lowest BCUT2D eigenvalue weighted by atomic mass is 9.79. The van der Waals surface area contributed by atoms with E-state index in [9.17, 15) is 23.2 Å². The van der Waals surface area contributed by atoms with Crippen molar-refractivity contribution < 1.29 is 22.7 Å². The molecule has 2 aliphatic rings. The summed E-state index contributed by atoms with van der Waals surface area (Å²) in [6.07, 6.45) is -4.24. The largest absolute Gasteiger partial charge is 0.416 e. The van der Waals surface area contributed by atoms with Crippen LogP contribution < -0.4 is 4.90 Å². The van der Waals surface area contributed by atoms with Gasteiger partial charge < -0.3 is 14.5 Å². The van der Waals surface area contributed by atoms with E-state index in [4.69, 9.17) is 4.74 Å². The number of likely N-dealkylation sites (N-methyl/N-ethyl adjacent to an activating group) is 1. The third kappa shape index (κ3) is 3.37. The standard InChI is InChI=1S/C24H24F3N3O2/c1-3-29(4-2)10-11-30-20-14-16(15-28)13-19(24(25,26)27)21(20)23(22(30)31)18-8-6-5-7-17(18)9-12-32-23/h5-8,13-14H,3-4,9-12H2,1-2H3. The first-order valence-corrected chi connectivity index (χ1v) is 10.7. The number of rotatable bonds is 5. The minimum absolute atomic E-state index is 0.102. The predicted molar refractivity (Wildman–Crippen MR) is 113 cm³/mol. The molecule has 1 amide bonds. The number of nitrogens with zero attached hydrogens (tertiary/aromatic N) is 3. The first kappa shape index (κ1) is 22.3. The van der Waals surface area contributed by atoms with E-state index in [2.05, 4.69) is 4.90 Å². The van der Waals surface area contributed by atoms with Crippen LogP contribution in [0, 0.1) is 11.3 Å². The highest BCUT2D eigenvalue weighted by Gasteiger charge is 2.59. The fourth-order valence-electron chi connectivity index (χ4n) is 4.76. The van der Waals surface area contributed by atoms with Gasteiger partial charge in [-0.3, -0.25) is 4.79 Å². The van der Waals surface area contributed by atoms with E-state index in [1.165, 1.54) is 11.0 Å². The number of anilines is 1. The molecule has 0 fully saturated rings. The monoisotopic (exact) mass is 443 g/mol. The number of hydrogen-bond donors (Lipinski definition) is 0. The van der Waals surface area contributed by atoms with E-state index < -0.39 is 23.2 Å². The Morgan fingerprint density at radius 1 is 1.22 bits per heavy atom. The van der Waals surface area contributed by atoms with Crippen molar-refractivity contribution in [2.45, 2.75) is 32.0 Å². The average molecular weight is 443 g/mol. The van der Waals surface area contributed by atoms with Gasteiger partial charge in [0.15, 0.2) is 5.60 Å². The van der Waals surface area contributed by atoms with E-state index in [-0.39, 0.29) is 30.0 Å². The summed E-state index contributed by atoms with van der Waals surface area (Å²) in [6.45, 7) is 6.30. The Hall–Kier alpha value is -2.89. The number of nitriles is 1. The third-order valence-corrected chi connectivity index (χ3v) is 6.36. The highest BCUT2D eigenvalue weighted by molar-refractivity contribution is 6.10. The van der Waals surface area contributed by atoms with Gasteiger partial charge in [-0.05, 0) is 37.2 Å². The molecule has 0 bridgehead atoms. The number of ether oxygens (including phenoxy) is 1. The van der Waals surface area contributed by atoms with Gasteiger partial charge in [0.25, 0.3) is 5.91 Å². The summed E-state index contributed by atoms with van der Waals surface area (Å²) < 4.78 is 48.7. The maximum Gasteiger partial charge on any atom is 0.416 e. The Balaban J connectivity index is 1.98. The molecule has 5 nitrogen and oxygen atoms in total. The zero-order chi connectivity index (χ0) is 23.1. The smallest absolute Gasteiger partial charge is 0.355 e. The molecule has 32 heavy (non-hydrogen) atoms. The van der Waals surface area contributed by atoms with Crippen molar-refractivity contribution in [1.82, 2.24) is 4.90 Å². The molecule has 1 unspecified atom stereocenters. The number of amides is 1. The highest BCUT2D eigenvalue weighted by Crippen LogP contribution is 2.54. The van der Waals surface area contributed by atoms with Crippen molar-refractivity contribution in [2.75, 3.05) is 37.7 Å². The van der Waals surface area contributed by atoms with Gasteiger partial charge in [-0.25, -0.2) is 0 Å². The van der Waals surface area contributed by atoms with Gasteiger partial charge in [0, 0.05) is 24.2 Å². The van der Waals surface area contributed by atoms with Crippen LogP contribution in [-0.2, 0) is 27.7 Å². The van der Waals surface area contributed by atoms with E-state index in [1.807, 2.05) is 26.0 Å². The van der Waals surface area contributed by atoms with Crippen molar-refractivity contribution >= 4 is 11.6 Å². The Kier molecular flexibility index (Phi) is 5.74. The van der Waals surface area contributed by atoms with Crippen molar-refractivity contribution in [3.8, 4) is 6.07 Å². The molecule has 0 saturated carbocycles. The molecule has 0 aliphatic carbocycles. The van der Waals surface area contributed by atoms with Crippen LogP contribution in [0.5, 0.6) is 0 Å². The molecule has 2 aliphatic heterocycles. The van der Waals surface area contributed by atoms with E-state index in [1.54, 1.807) is 18.2 Å². The molecular weight excluding hydrogens is 419 g/mol. The SMILES string of the molecule is CCN(CC)CCN1C(=O)C2(OCCc3ccccc32)c2c1cc(C#N)cc2C(F)(F)F. The Bertz CT molecular complexity index is 1090. The van der Waals surface area contributed by atoms with Crippen molar-refractivity contribution in [1.29, 1.82) is 5.26 Å². The second-order valence-electron chi connectivity index (χ2n) is 7.95. The normalized spacial score (nSPS) is 19.9. The zero-order valence-corrected chi connectivity index (χ0v) is 18.0. The summed E-state index contributed by atoms with van der Waals surface area (Å²) in [7, 11) is 0. The number of carbonyl (C=O) groups excluding carboxylic acids is 1. The number of alkyl halides is 3. The topological polar surface area (TPSA) is 56.6 Å². The molecule has 2 aromatic rings. The van der Waals surface area contributed by atoms with Crippen LogP contribution in [-0.4, -0.2) is 43.6 Å². The second-order valence-corrected chi connectivity index (χ2v) is 7.95. The summed E-state index contributed by atoms with van der Waals surface area (Å²) in [4.78, 5) is 17.4. The molecule has 1 spiro atoms. The van der Waals surface area contributed by atoms with E-state index in [0.717, 1.165) is 24.7 Å². The van der Waals surface area contributed by atoms with Crippen LogP contribution in [0.25, 0.3) is 0 Å². The average Bonchev–Trinajstić information content (AvgIpc) is 3.01. The molecule has 0 radical (unpaired) electrons. The molecule has 1 atom stereocenters. The molecule has 4 rings (SSSR count). The number of fused-ring (bicyclic) bond motifs is 4. The summed E-state index contributed by atoms with van der Waals surface area (Å²) in [5.41, 5.74) is -1.88. The van der Waals surface area contributed by atoms with Gasteiger partial charge in [-0.2, -0.15) is 18.4 Å². The van der Waals surface area contributed by atoms with Crippen molar-refractivity contribution in [3.05, 3.63) is 64.2 Å². The van der Waals surface area contributed by atoms with Crippen LogP contribution in [0.15, 0.2) is 36.4 Å². The number of benzene rings is 2. The van der Waals surface area contributed by atoms with E-state index >= 15 is 0 Å². The maximum atomic E-state index is 14.2. The van der Waals surface area contributed by atoms with Gasteiger partial charge in [0.1, 0.15) is 0 Å². The molecule has 0 N–H and O–H groups in total. The minimum atomic E-state index is -4.76. The molecule has 2 aromatic carbocycles. The number of carbonyl (C=O) groups is 1. The van der Waals surface area contributed by atoms with Gasteiger partial charge >= 0.3 is 6.18 Å². The zero-order valence-electron chi connectivity index (χ0n) is 18.0. The molecular formula is C24H24F3N3O2. The molecule has 0 aromatic heterocycles. The fourth-order valence-corrected chi connectivity index (χ4v) is 4.76. The quantitative estimate of drug-likeness (QED) is 0.699. The highest BCUT2D eigenvalue weighted by atomic mass is 19.4. The maximum absolute atomic E-state index is 14.2. The number of halogens is 3. The summed E-state index contributed by atoms with van der Waals surface area (Å²) in [5.74, 6) is -0.535. The Labute approximate surface area is 185 Å². The lowest BCUT2D eigenvalue weighted by molar-refractivity contribution is -0.146. The summed E-state index contributed by atoms with van der Waals surface area (Å²) >= 11 is 0. The summed E-state index contributed by atoms with van der Waals surface area (Å²) in [5, 5.41) is 9.40. The van der Waals surface area contributed by atoms with Gasteiger partial charge in [-0.1, -0.05) is 38.1 Å². The van der Waals surface area contributed by atoms with E-state index in [0.29, 0.717) is 18.5 Å². The summed E-state index contributed by atoms with van der Waals surface area (Å²) in [6, 6.07) is 11.0. The molecule has 2 heterocycles. The second kappa shape index (κ2) is 8.23. The minimum Gasteiger partial charge on any atom is -0.355 e. The van der Waals surface area contributed by atoms with Crippen LogP contribution in [0.2, 0.25) is 0 Å². The van der Waals surface area contributed by atoms with Crippen LogP contribution in [0.1, 0.15) is 41.7 Å². The third-order valence-electron chi connectivity index (χ3n) is 6.36.